The van der Waals surface area contributed by atoms with Crippen molar-refractivity contribution in [3.63, 3.8) is 0 Å². The van der Waals surface area contributed by atoms with Crippen molar-refractivity contribution in [2.45, 2.75) is 32.7 Å². The number of alkyl carbamates (subject to hydrolysis) is 1. The molecule has 0 aromatic carbocycles. The standard InChI is InChI=1S/C13H23N3O5/c1-3-20-12(18)14-9-11(17)15-10-5-7-16(8-6-10)13(19)21-4-2/h10H,3-9H2,1-2H3,(H,14,18)(H,15,17). The Morgan fingerprint density at radius 3 is 2.29 bits per heavy atom. The number of carbonyl (C=O) groups is 3. The van der Waals surface area contributed by atoms with Gasteiger partial charge in [0.25, 0.3) is 0 Å². The van der Waals surface area contributed by atoms with E-state index in [0.29, 0.717) is 32.5 Å². The van der Waals surface area contributed by atoms with Crippen molar-refractivity contribution in [2.75, 3.05) is 32.8 Å². The first kappa shape index (κ1) is 17.1. The second-order valence-electron chi connectivity index (χ2n) is 4.60. The minimum atomic E-state index is -0.607. The number of piperidine rings is 1. The molecule has 0 aromatic rings. The second-order valence-corrected chi connectivity index (χ2v) is 4.60. The van der Waals surface area contributed by atoms with Crippen LogP contribution in [0.5, 0.6) is 0 Å². The molecular weight excluding hydrogens is 278 g/mol. The summed E-state index contributed by atoms with van der Waals surface area (Å²) in [7, 11) is 0. The van der Waals surface area contributed by atoms with Crippen LogP contribution in [0.15, 0.2) is 0 Å². The predicted octanol–water partition coefficient (Wildman–Crippen LogP) is 0.470. The third-order valence-corrected chi connectivity index (χ3v) is 3.05. The van der Waals surface area contributed by atoms with Crippen LogP contribution in [0, 0.1) is 0 Å². The third kappa shape index (κ3) is 6.33. The molecule has 1 heterocycles. The summed E-state index contributed by atoms with van der Waals surface area (Å²) < 4.78 is 9.58. The molecule has 1 aliphatic heterocycles. The van der Waals surface area contributed by atoms with Crippen LogP contribution in [-0.2, 0) is 14.3 Å². The molecule has 0 aliphatic carbocycles. The number of likely N-dealkylation sites (tertiary alicyclic amines) is 1. The van der Waals surface area contributed by atoms with Gasteiger partial charge >= 0.3 is 12.2 Å². The average molecular weight is 301 g/mol. The predicted molar refractivity (Wildman–Crippen MR) is 74.8 cm³/mol. The Labute approximate surface area is 124 Å². The lowest BCUT2D eigenvalue weighted by Gasteiger charge is -2.31. The number of rotatable bonds is 5. The van der Waals surface area contributed by atoms with Crippen molar-refractivity contribution >= 4 is 18.1 Å². The minimum absolute atomic E-state index is 0.00664. The topological polar surface area (TPSA) is 97.0 Å². The number of carbonyl (C=O) groups excluding carboxylic acids is 3. The Morgan fingerprint density at radius 2 is 1.71 bits per heavy atom. The first-order valence-electron chi connectivity index (χ1n) is 7.18. The zero-order valence-electron chi connectivity index (χ0n) is 12.5. The molecule has 8 heteroatoms. The van der Waals surface area contributed by atoms with Gasteiger partial charge in [-0.1, -0.05) is 0 Å². The molecule has 1 saturated heterocycles. The van der Waals surface area contributed by atoms with Gasteiger partial charge in [0.05, 0.1) is 13.2 Å². The van der Waals surface area contributed by atoms with Gasteiger partial charge in [0.15, 0.2) is 0 Å². The van der Waals surface area contributed by atoms with E-state index in [1.165, 1.54) is 0 Å². The van der Waals surface area contributed by atoms with Gasteiger partial charge in [-0.3, -0.25) is 4.79 Å². The van der Waals surface area contributed by atoms with E-state index < -0.39 is 6.09 Å². The van der Waals surface area contributed by atoms with Crippen LogP contribution in [-0.4, -0.2) is 61.9 Å². The molecule has 0 aromatic heterocycles. The number of hydrogen-bond acceptors (Lipinski definition) is 5. The van der Waals surface area contributed by atoms with E-state index >= 15 is 0 Å². The molecule has 120 valence electrons. The summed E-state index contributed by atoms with van der Waals surface area (Å²) in [5.41, 5.74) is 0. The van der Waals surface area contributed by atoms with Crippen molar-refractivity contribution < 1.29 is 23.9 Å². The lowest BCUT2D eigenvalue weighted by Crippen LogP contribution is -2.48. The summed E-state index contributed by atoms with van der Waals surface area (Å²) in [5.74, 6) is -0.266. The Morgan fingerprint density at radius 1 is 1.10 bits per heavy atom. The van der Waals surface area contributed by atoms with Gasteiger partial charge in [0, 0.05) is 19.1 Å². The zero-order valence-corrected chi connectivity index (χ0v) is 12.5. The molecule has 0 radical (unpaired) electrons. The molecule has 2 N–H and O–H groups in total. The van der Waals surface area contributed by atoms with Crippen molar-refractivity contribution in [1.29, 1.82) is 0 Å². The fourth-order valence-electron chi connectivity index (χ4n) is 2.03. The highest BCUT2D eigenvalue weighted by Gasteiger charge is 2.24. The van der Waals surface area contributed by atoms with Crippen LogP contribution in [0.25, 0.3) is 0 Å². The lowest BCUT2D eigenvalue weighted by atomic mass is 10.1. The fourth-order valence-corrected chi connectivity index (χ4v) is 2.03. The zero-order chi connectivity index (χ0) is 15.7. The molecule has 0 atom stereocenters. The smallest absolute Gasteiger partial charge is 0.409 e. The van der Waals surface area contributed by atoms with Gasteiger partial charge in [-0.15, -0.1) is 0 Å². The summed E-state index contributed by atoms with van der Waals surface area (Å²) in [6.07, 6.45) is 0.421. The van der Waals surface area contributed by atoms with Gasteiger partial charge in [-0.25, -0.2) is 9.59 Å². The Bertz CT molecular complexity index is 367. The largest absolute Gasteiger partial charge is 0.450 e. The van der Waals surface area contributed by atoms with Crippen molar-refractivity contribution in [1.82, 2.24) is 15.5 Å². The molecule has 0 unspecified atom stereocenters. The SMILES string of the molecule is CCOC(=O)NCC(=O)NC1CCN(C(=O)OCC)CC1. The lowest BCUT2D eigenvalue weighted by molar-refractivity contribution is -0.121. The number of amides is 3. The summed E-state index contributed by atoms with van der Waals surface area (Å²) >= 11 is 0. The van der Waals surface area contributed by atoms with Gasteiger partial charge in [0.1, 0.15) is 6.54 Å². The van der Waals surface area contributed by atoms with Crippen LogP contribution < -0.4 is 10.6 Å². The summed E-state index contributed by atoms with van der Waals surface area (Å²) in [6.45, 7) is 5.06. The number of nitrogens with zero attached hydrogens (tertiary/aromatic N) is 1. The number of hydrogen-bond donors (Lipinski definition) is 2. The molecular formula is C13H23N3O5. The molecule has 8 nitrogen and oxygen atoms in total. The van der Waals surface area contributed by atoms with Crippen molar-refractivity contribution in [3.8, 4) is 0 Å². The van der Waals surface area contributed by atoms with Crippen LogP contribution in [0.2, 0.25) is 0 Å². The Kier molecular flexibility index (Phi) is 7.34. The van der Waals surface area contributed by atoms with E-state index in [4.69, 9.17) is 4.74 Å². The van der Waals surface area contributed by atoms with E-state index in [0.717, 1.165) is 0 Å². The normalized spacial score (nSPS) is 15.2. The Balaban J connectivity index is 2.21. The van der Waals surface area contributed by atoms with E-state index in [1.54, 1.807) is 18.7 Å². The van der Waals surface area contributed by atoms with E-state index in [-0.39, 0.29) is 31.2 Å². The summed E-state index contributed by atoms with van der Waals surface area (Å²) in [4.78, 5) is 35.8. The summed E-state index contributed by atoms with van der Waals surface area (Å²) in [5, 5.41) is 5.18. The average Bonchev–Trinajstić information content (AvgIpc) is 2.46. The van der Waals surface area contributed by atoms with Gasteiger partial charge in [-0.05, 0) is 26.7 Å². The molecule has 0 bridgehead atoms. The fraction of sp³-hybridized carbons (Fsp3) is 0.769. The van der Waals surface area contributed by atoms with E-state index in [1.807, 2.05) is 0 Å². The molecule has 0 spiro atoms. The number of ether oxygens (including phenoxy) is 2. The Hall–Kier alpha value is -1.99. The van der Waals surface area contributed by atoms with Crippen molar-refractivity contribution in [2.24, 2.45) is 0 Å². The highest BCUT2D eigenvalue weighted by molar-refractivity contribution is 5.82. The summed E-state index contributed by atoms with van der Waals surface area (Å²) in [6, 6.07) is 0.00664. The van der Waals surface area contributed by atoms with Crippen LogP contribution in [0.3, 0.4) is 0 Å². The molecule has 21 heavy (non-hydrogen) atoms. The third-order valence-electron chi connectivity index (χ3n) is 3.05. The van der Waals surface area contributed by atoms with E-state index in [2.05, 4.69) is 15.4 Å². The minimum Gasteiger partial charge on any atom is -0.450 e. The van der Waals surface area contributed by atoms with Crippen LogP contribution in [0.4, 0.5) is 9.59 Å². The van der Waals surface area contributed by atoms with Gasteiger partial charge < -0.3 is 25.0 Å². The maximum atomic E-state index is 11.7. The molecule has 1 rings (SSSR count). The monoisotopic (exact) mass is 301 g/mol. The first-order valence-corrected chi connectivity index (χ1v) is 7.18. The van der Waals surface area contributed by atoms with Gasteiger partial charge in [-0.2, -0.15) is 0 Å². The molecule has 1 aliphatic rings. The first-order chi connectivity index (χ1) is 10.1. The molecule has 3 amide bonds. The molecule has 0 saturated carbocycles. The van der Waals surface area contributed by atoms with Crippen molar-refractivity contribution in [3.05, 3.63) is 0 Å². The second kappa shape index (κ2) is 9.04. The van der Waals surface area contributed by atoms with E-state index in [9.17, 15) is 14.4 Å². The number of nitrogens with one attached hydrogen (secondary N) is 2. The highest BCUT2D eigenvalue weighted by Crippen LogP contribution is 2.11. The van der Waals surface area contributed by atoms with Crippen LogP contribution >= 0.6 is 0 Å². The quantitative estimate of drug-likeness (QED) is 0.769. The maximum absolute atomic E-state index is 11.7. The maximum Gasteiger partial charge on any atom is 0.409 e. The van der Waals surface area contributed by atoms with Crippen LogP contribution in [0.1, 0.15) is 26.7 Å². The van der Waals surface area contributed by atoms with Gasteiger partial charge in [0.2, 0.25) is 5.91 Å². The molecule has 1 fully saturated rings. The highest BCUT2D eigenvalue weighted by atomic mass is 16.6.